The molecule has 2 aromatic rings. The lowest BCUT2D eigenvalue weighted by atomic mass is 10.1. The van der Waals surface area contributed by atoms with Crippen LogP contribution in [0.2, 0.25) is 4.34 Å². The van der Waals surface area contributed by atoms with Crippen molar-refractivity contribution in [2.45, 2.75) is 6.42 Å². The summed E-state index contributed by atoms with van der Waals surface area (Å²) in [6.45, 7) is 0. The van der Waals surface area contributed by atoms with Crippen LogP contribution in [0, 0.1) is 17.5 Å². The molecule has 0 saturated heterocycles. The van der Waals surface area contributed by atoms with Crippen LogP contribution in [-0.4, -0.2) is 5.78 Å². The minimum Gasteiger partial charge on any atom is -0.294 e. The number of hydrogen-bond acceptors (Lipinski definition) is 2. The number of thiophene rings is 1. The number of Topliss-reactive ketones (excluding diaryl/α,β-unsaturated/α-hetero) is 1. The Balaban J connectivity index is 2.24. The molecule has 0 aliphatic rings. The van der Waals surface area contributed by atoms with Gasteiger partial charge in [0.15, 0.2) is 23.2 Å². The van der Waals surface area contributed by atoms with Crippen molar-refractivity contribution in [3.63, 3.8) is 0 Å². The Labute approximate surface area is 110 Å². The average molecular weight is 291 g/mol. The molecule has 0 amide bonds. The second-order valence-electron chi connectivity index (χ2n) is 3.56. The molecule has 0 saturated carbocycles. The van der Waals surface area contributed by atoms with E-state index in [0.29, 0.717) is 21.3 Å². The molecule has 0 N–H and O–H groups in total. The Bertz CT molecular complexity index is 586. The molecule has 0 radical (unpaired) electrons. The molecule has 0 unspecified atom stereocenters. The van der Waals surface area contributed by atoms with Gasteiger partial charge in [-0.3, -0.25) is 4.79 Å². The van der Waals surface area contributed by atoms with Crippen LogP contribution in [0.15, 0.2) is 24.3 Å². The first kappa shape index (κ1) is 13.1. The Morgan fingerprint density at radius 3 is 2.28 bits per heavy atom. The number of rotatable bonds is 3. The van der Waals surface area contributed by atoms with Gasteiger partial charge in [0.2, 0.25) is 0 Å². The molecule has 1 heterocycles. The minimum atomic E-state index is -1.58. The lowest BCUT2D eigenvalue weighted by Crippen LogP contribution is -2.05. The molecule has 0 spiro atoms. The van der Waals surface area contributed by atoms with Gasteiger partial charge in [-0.1, -0.05) is 11.6 Å². The molecule has 0 bridgehead atoms. The predicted octanol–water partition coefficient (Wildman–Crippen LogP) is 4.24. The van der Waals surface area contributed by atoms with E-state index in [4.69, 9.17) is 11.6 Å². The molecule has 1 aromatic heterocycles. The van der Waals surface area contributed by atoms with Gasteiger partial charge in [-0.05, 0) is 24.3 Å². The first-order valence-electron chi connectivity index (χ1n) is 4.89. The summed E-state index contributed by atoms with van der Waals surface area (Å²) in [4.78, 5) is 12.4. The van der Waals surface area contributed by atoms with E-state index in [1.165, 1.54) is 11.3 Å². The number of carbonyl (C=O) groups is 1. The maximum atomic E-state index is 13.0. The summed E-state index contributed by atoms with van der Waals surface area (Å²) < 4.78 is 39.2. The Kier molecular flexibility index (Phi) is 3.73. The lowest BCUT2D eigenvalue weighted by molar-refractivity contribution is 0.0992. The lowest BCUT2D eigenvalue weighted by Gasteiger charge is -2.01. The van der Waals surface area contributed by atoms with Crippen molar-refractivity contribution in [3.05, 3.63) is 56.5 Å². The summed E-state index contributed by atoms with van der Waals surface area (Å²) >= 11 is 6.90. The zero-order chi connectivity index (χ0) is 13.3. The molecule has 0 fully saturated rings. The number of carbonyl (C=O) groups excluding carboxylic acids is 1. The van der Waals surface area contributed by atoms with Gasteiger partial charge in [0.05, 0.1) is 4.34 Å². The summed E-state index contributed by atoms with van der Waals surface area (Å²) in [6, 6.07) is 4.66. The standard InChI is InChI=1S/C12H6ClF3OS/c13-11-2-1-7(18-11)5-10(17)6-3-8(14)12(16)9(15)4-6/h1-4H,5H2. The third kappa shape index (κ3) is 2.73. The second kappa shape index (κ2) is 5.12. The Morgan fingerprint density at radius 1 is 1.17 bits per heavy atom. The number of benzene rings is 1. The summed E-state index contributed by atoms with van der Waals surface area (Å²) in [6.07, 6.45) is -0.0259. The molecule has 0 aliphatic carbocycles. The third-order valence-corrected chi connectivity index (χ3v) is 3.50. The van der Waals surface area contributed by atoms with E-state index in [0.717, 1.165) is 0 Å². The highest BCUT2D eigenvalue weighted by molar-refractivity contribution is 7.16. The van der Waals surface area contributed by atoms with E-state index in [9.17, 15) is 18.0 Å². The summed E-state index contributed by atoms with van der Waals surface area (Å²) in [5.41, 5.74) is -0.198. The van der Waals surface area contributed by atoms with Gasteiger partial charge in [0, 0.05) is 16.9 Å². The molecule has 1 aromatic carbocycles. The fourth-order valence-electron chi connectivity index (χ4n) is 1.42. The van der Waals surface area contributed by atoms with E-state index >= 15 is 0 Å². The van der Waals surface area contributed by atoms with Crippen LogP contribution in [0.1, 0.15) is 15.2 Å². The van der Waals surface area contributed by atoms with Crippen LogP contribution in [0.5, 0.6) is 0 Å². The van der Waals surface area contributed by atoms with Gasteiger partial charge >= 0.3 is 0 Å². The van der Waals surface area contributed by atoms with E-state index in [2.05, 4.69) is 0 Å². The number of hydrogen-bond donors (Lipinski definition) is 0. The van der Waals surface area contributed by atoms with Crippen molar-refractivity contribution in [2.24, 2.45) is 0 Å². The summed E-state index contributed by atoms with van der Waals surface area (Å²) in [7, 11) is 0. The van der Waals surface area contributed by atoms with Crippen LogP contribution in [0.4, 0.5) is 13.2 Å². The topological polar surface area (TPSA) is 17.1 Å². The highest BCUT2D eigenvalue weighted by atomic mass is 35.5. The van der Waals surface area contributed by atoms with Crippen LogP contribution in [-0.2, 0) is 6.42 Å². The molecule has 6 heteroatoms. The molecular weight excluding hydrogens is 285 g/mol. The molecule has 0 atom stereocenters. The predicted molar refractivity (Wildman–Crippen MR) is 63.7 cm³/mol. The number of halogens is 4. The van der Waals surface area contributed by atoms with Crippen molar-refractivity contribution < 1.29 is 18.0 Å². The maximum absolute atomic E-state index is 13.0. The van der Waals surface area contributed by atoms with E-state index in [1.54, 1.807) is 12.1 Å². The zero-order valence-corrected chi connectivity index (χ0v) is 10.4. The van der Waals surface area contributed by atoms with Crippen molar-refractivity contribution in [2.75, 3.05) is 0 Å². The van der Waals surface area contributed by atoms with Gasteiger partial charge in [-0.25, -0.2) is 13.2 Å². The summed E-state index contributed by atoms with van der Waals surface area (Å²) in [5, 5.41) is 0. The van der Waals surface area contributed by atoms with Crippen LogP contribution >= 0.6 is 22.9 Å². The van der Waals surface area contributed by atoms with Gasteiger partial charge in [-0.15, -0.1) is 11.3 Å². The van der Waals surface area contributed by atoms with Gasteiger partial charge < -0.3 is 0 Å². The van der Waals surface area contributed by atoms with Crippen molar-refractivity contribution >= 4 is 28.7 Å². The molecule has 1 nitrogen and oxygen atoms in total. The molecule has 94 valence electrons. The highest BCUT2D eigenvalue weighted by Gasteiger charge is 2.15. The monoisotopic (exact) mass is 290 g/mol. The van der Waals surface area contributed by atoms with Crippen molar-refractivity contribution in [3.8, 4) is 0 Å². The van der Waals surface area contributed by atoms with E-state index in [-0.39, 0.29) is 12.0 Å². The highest BCUT2D eigenvalue weighted by Crippen LogP contribution is 2.23. The maximum Gasteiger partial charge on any atom is 0.194 e. The smallest absolute Gasteiger partial charge is 0.194 e. The third-order valence-electron chi connectivity index (χ3n) is 2.27. The molecule has 2 rings (SSSR count). The van der Waals surface area contributed by atoms with Crippen molar-refractivity contribution in [1.29, 1.82) is 0 Å². The van der Waals surface area contributed by atoms with Crippen LogP contribution in [0.3, 0.4) is 0 Å². The molecule has 18 heavy (non-hydrogen) atoms. The van der Waals surface area contributed by atoms with Crippen molar-refractivity contribution in [1.82, 2.24) is 0 Å². The quantitative estimate of drug-likeness (QED) is 0.610. The summed E-state index contributed by atoms with van der Waals surface area (Å²) in [5.74, 6) is -4.82. The first-order valence-corrected chi connectivity index (χ1v) is 6.09. The molecular formula is C12H6ClF3OS. The zero-order valence-electron chi connectivity index (χ0n) is 8.84. The van der Waals surface area contributed by atoms with Gasteiger partial charge in [0.25, 0.3) is 0 Å². The van der Waals surface area contributed by atoms with E-state index in [1.807, 2.05) is 0 Å². The van der Waals surface area contributed by atoms with Crippen LogP contribution in [0.25, 0.3) is 0 Å². The fraction of sp³-hybridized carbons (Fsp3) is 0.0833. The second-order valence-corrected chi connectivity index (χ2v) is 5.36. The minimum absolute atomic E-state index is 0.0259. The average Bonchev–Trinajstić information content (AvgIpc) is 2.71. The van der Waals surface area contributed by atoms with Crippen LogP contribution < -0.4 is 0 Å². The van der Waals surface area contributed by atoms with E-state index < -0.39 is 23.2 Å². The number of ketones is 1. The fourth-order valence-corrected chi connectivity index (χ4v) is 2.51. The Morgan fingerprint density at radius 2 is 1.78 bits per heavy atom. The first-order chi connectivity index (χ1) is 8.47. The Hall–Kier alpha value is -1.33. The largest absolute Gasteiger partial charge is 0.294 e. The van der Waals surface area contributed by atoms with Gasteiger partial charge in [0.1, 0.15) is 0 Å². The van der Waals surface area contributed by atoms with Gasteiger partial charge in [-0.2, -0.15) is 0 Å². The normalized spacial score (nSPS) is 10.7. The SMILES string of the molecule is O=C(Cc1ccc(Cl)s1)c1cc(F)c(F)c(F)c1. The molecule has 0 aliphatic heterocycles.